The number of thiophene rings is 1. The quantitative estimate of drug-likeness (QED) is 0.282. The molecular formula is C32H47ClN6O4S. The predicted octanol–water partition coefficient (Wildman–Crippen LogP) is 3.94. The summed E-state index contributed by atoms with van der Waals surface area (Å²) in [6.45, 7) is 2.51. The second kappa shape index (κ2) is 17.1. The number of ether oxygens (including phenoxy) is 1. The summed E-state index contributed by atoms with van der Waals surface area (Å²) in [6, 6.07) is 9.62. The summed E-state index contributed by atoms with van der Waals surface area (Å²) in [4.78, 5) is 47.4. The van der Waals surface area contributed by atoms with Crippen LogP contribution in [0.2, 0.25) is 5.02 Å². The van der Waals surface area contributed by atoms with Crippen LogP contribution >= 0.6 is 22.9 Å². The number of unbranched alkanes of at least 4 members (excludes halogenated alkanes) is 1. The van der Waals surface area contributed by atoms with Crippen molar-refractivity contribution in [3.63, 3.8) is 0 Å². The Bertz CT molecular complexity index is 1210. The largest absolute Gasteiger partial charge is 0.415 e. The Morgan fingerprint density at radius 3 is 2.55 bits per heavy atom. The van der Waals surface area contributed by atoms with Crippen molar-refractivity contribution in [3.8, 4) is 5.75 Å². The standard InChI is InChI=1S/C32H47ClN6O4S/c1-37(2)16-6-5-10-27(36-24-14-12-23(20-34)13-15-24)31(41)39-18-17-38(32(42)43-29-11-4-3-9-26(29)33)22-28(39)30(40)35-21-25-8-7-19-44-25/h3-4,7-9,11,19,23-24,27-28,36H,5-6,10,12-18,20-22,34H2,1-2H3,(H,35,40)/t23?,24?,27-,28+/m1/s1. The van der Waals surface area contributed by atoms with Gasteiger partial charge in [0.2, 0.25) is 11.8 Å². The molecule has 2 aromatic rings. The molecule has 44 heavy (non-hydrogen) atoms. The number of amides is 3. The van der Waals surface area contributed by atoms with E-state index in [1.165, 1.54) is 4.90 Å². The topological polar surface area (TPSA) is 120 Å². The van der Waals surface area contributed by atoms with Crippen molar-refractivity contribution in [3.05, 3.63) is 51.7 Å². The monoisotopic (exact) mass is 646 g/mol. The molecule has 3 amide bonds. The number of nitrogens with two attached hydrogens (primary N) is 1. The fourth-order valence-corrected chi connectivity index (χ4v) is 6.75. The molecule has 0 unspecified atom stereocenters. The Labute approximate surface area is 270 Å². The molecule has 2 aliphatic rings. The molecule has 0 bridgehead atoms. The fourth-order valence-electron chi connectivity index (χ4n) is 5.93. The van der Waals surface area contributed by atoms with Crippen LogP contribution in [-0.2, 0) is 16.1 Å². The van der Waals surface area contributed by atoms with E-state index >= 15 is 0 Å². The second-order valence-electron chi connectivity index (χ2n) is 12.1. The average molecular weight is 647 g/mol. The van der Waals surface area contributed by atoms with E-state index in [1.54, 1.807) is 40.5 Å². The van der Waals surface area contributed by atoms with Crippen molar-refractivity contribution in [2.24, 2.45) is 11.7 Å². The third-order valence-corrected chi connectivity index (χ3v) is 9.73. The Morgan fingerprint density at radius 2 is 1.86 bits per heavy atom. The van der Waals surface area contributed by atoms with Gasteiger partial charge in [-0.1, -0.05) is 36.2 Å². The lowest BCUT2D eigenvalue weighted by atomic mass is 9.85. The van der Waals surface area contributed by atoms with Crippen LogP contribution in [0, 0.1) is 5.92 Å². The highest BCUT2D eigenvalue weighted by molar-refractivity contribution is 7.09. The lowest BCUT2D eigenvalue weighted by Crippen LogP contribution is -2.64. The predicted molar refractivity (Wildman–Crippen MR) is 175 cm³/mol. The molecule has 1 aromatic heterocycles. The van der Waals surface area contributed by atoms with Crippen LogP contribution in [0.25, 0.3) is 0 Å². The number of para-hydroxylation sites is 1. The van der Waals surface area contributed by atoms with Crippen LogP contribution in [0.4, 0.5) is 4.79 Å². The molecule has 4 rings (SSSR count). The maximum absolute atomic E-state index is 14.3. The molecule has 10 nitrogen and oxygen atoms in total. The Kier molecular flexibility index (Phi) is 13.3. The fraction of sp³-hybridized carbons (Fsp3) is 0.594. The van der Waals surface area contributed by atoms with Crippen molar-refractivity contribution >= 4 is 40.8 Å². The molecule has 12 heteroatoms. The van der Waals surface area contributed by atoms with Gasteiger partial charge in [-0.2, -0.15) is 0 Å². The van der Waals surface area contributed by atoms with Gasteiger partial charge in [0.25, 0.3) is 0 Å². The van der Waals surface area contributed by atoms with E-state index in [0.717, 1.165) is 49.9 Å². The number of halogens is 1. The maximum atomic E-state index is 14.3. The highest BCUT2D eigenvalue weighted by atomic mass is 35.5. The van der Waals surface area contributed by atoms with Crippen LogP contribution in [0.1, 0.15) is 49.8 Å². The first kappa shape index (κ1) is 34.2. The van der Waals surface area contributed by atoms with E-state index in [0.29, 0.717) is 30.5 Å². The molecule has 0 spiro atoms. The van der Waals surface area contributed by atoms with E-state index in [1.807, 2.05) is 31.6 Å². The van der Waals surface area contributed by atoms with Gasteiger partial charge in [0, 0.05) is 24.0 Å². The third kappa shape index (κ3) is 9.90. The number of piperazine rings is 1. The van der Waals surface area contributed by atoms with Crippen molar-refractivity contribution in [1.82, 2.24) is 25.3 Å². The number of carbonyl (C=O) groups excluding carboxylic acids is 3. The van der Waals surface area contributed by atoms with Crippen LogP contribution in [0.15, 0.2) is 41.8 Å². The van der Waals surface area contributed by atoms with Crippen molar-refractivity contribution < 1.29 is 19.1 Å². The summed E-state index contributed by atoms with van der Waals surface area (Å²) in [6.07, 6.45) is 6.01. The van der Waals surface area contributed by atoms with Gasteiger partial charge in [-0.15, -0.1) is 11.3 Å². The molecule has 2 atom stereocenters. The van der Waals surface area contributed by atoms with Crippen molar-refractivity contribution in [2.45, 2.75) is 69.6 Å². The minimum atomic E-state index is -0.853. The van der Waals surface area contributed by atoms with Gasteiger partial charge in [0.15, 0.2) is 5.75 Å². The minimum absolute atomic E-state index is 0.0280. The maximum Gasteiger partial charge on any atom is 0.415 e. The van der Waals surface area contributed by atoms with Crippen molar-refractivity contribution in [1.29, 1.82) is 0 Å². The molecule has 1 saturated heterocycles. The Morgan fingerprint density at radius 1 is 1.09 bits per heavy atom. The van der Waals surface area contributed by atoms with Crippen LogP contribution in [0.3, 0.4) is 0 Å². The van der Waals surface area contributed by atoms with Gasteiger partial charge >= 0.3 is 6.09 Å². The molecule has 1 aromatic carbocycles. The molecule has 2 fully saturated rings. The second-order valence-corrected chi connectivity index (χ2v) is 13.5. The van der Waals surface area contributed by atoms with Gasteiger partial charge in [0.05, 0.1) is 24.2 Å². The number of benzene rings is 1. The zero-order valence-corrected chi connectivity index (χ0v) is 27.5. The molecule has 1 aliphatic heterocycles. The van der Waals surface area contributed by atoms with Gasteiger partial charge < -0.3 is 35.8 Å². The first-order valence-corrected chi connectivity index (χ1v) is 16.9. The van der Waals surface area contributed by atoms with Crippen LogP contribution in [-0.4, -0.2) is 97.6 Å². The minimum Gasteiger partial charge on any atom is -0.409 e. The highest BCUT2D eigenvalue weighted by Gasteiger charge is 2.40. The smallest absolute Gasteiger partial charge is 0.409 e. The third-order valence-electron chi connectivity index (χ3n) is 8.54. The molecule has 1 aliphatic carbocycles. The van der Waals surface area contributed by atoms with E-state index in [9.17, 15) is 14.4 Å². The summed E-state index contributed by atoms with van der Waals surface area (Å²) >= 11 is 7.77. The van der Waals surface area contributed by atoms with Crippen LogP contribution < -0.4 is 21.1 Å². The number of carbonyl (C=O) groups is 3. The van der Waals surface area contributed by atoms with E-state index in [2.05, 4.69) is 15.5 Å². The van der Waals surface area contributed by atoms with Gasteiger partial charge in [-0.25, -0.2) is 4.79 Å². The number of hydrogen-bond acceptors (Lipinski definition) is 8. The summed E-state index contributed by atoms with van der Waals surface area (Å²) in [5.41, 5.74) is 5.92. The molecule has 242 valence electrons. The Balaban J connectivity index is 1.49. The average Bonchev–Trinajstić information content (AvgIpc) is 3.56. The lowest BCUT2D eigenvalue weighted by Gasteiger charge is -2.42. The number of rotatable bonds is 13. The zero-order valence-electron chi connectivity index (χ0n) is 25.9. The first-order chi connectivity index (χ1) is 21.2. The summed E-state index contributed by atoms with van der Waals surface area (Å²) in [5.74, 6) is 0.406. The molecule has 1 saturated carbocycles. The summed E-state index contributed by atoms with van der Waals surface area (Å²) < 4.78 is 5.57. The normalized spacial score (nSPS) is 21.2. The zero-order chi connectivity index (χ0) is 31.5. The van der Waals surface area contributed by atoms with Crippen molar-refractivity contribution in [2.75, 3.05) is 46.8 Å². The number of nitrogens with one attached hydrogen (secondary N) is 2. The molecule has 0 radical (unpaired) electrons. The van der Waals surface area contributed by atoms with Crippen LogP contribution in [0.5, 0.6) is 5.75 Å². The first-order valence-electron chi connectivity index (χ1n) is 15.7. The summed E-state index contributed by atoms with van der Waals surface area (Å²) in [5, 5.41) is 8.95. The van der Waals surface area contributed by atoms with E-state index in [-0.39, 0.29) is 43.2 Å². The molecule has 4 N–H and O–H groups in total. The van der Waals surface area contributed by atoms with E-state index in [4.69, 9.17) is 22.1 Å². The van der Waals surface area contributed by atoms with Gasteiger partial charge in [-0.3, -0.25) is 9.59 Å². The number of hydrogen-bond donors (Lipinski definition) is 3. The van der Waals surface area contributed by atoms with E-state index < -0.39 is 18.2 Å². The SMILES string of the molecule is CN(C)CCCC[C@@H](NC1CCC(CN)CC1)C(=O)N1CCN(C(=O)Oc2ccccc2Cl)C[C@H]1C(=O)NCc1cccs1. The Hall–Kier alpha value is -2.70. The lowest BCUT2D eigenvalue weighted by molar-refractivity contribution is -0.145. The summed E-state index contributed by atoms with van der Waals surface area (Å²) in [7, 11) is 4.10. The highest BCUT2D eigenvalue weighted by Crippen LogP contribution is 2.26. The van der Waals surface area contributed by atoms with Gasteiger partial charge in [-0.05, 0) is 95.2 Å². The molecular weight excluding hydrogens is 600 g/mol. The van der Waals surface area contributed by atoms with Gasteiger partial charge in [0.1, 0.15) is 6.04 Å². The molecule has 2 heterocycles. The number of nitrogens with zero attached hydrogens (tertiary/aromatic N) is 3.